The van der Waals surface area contributed by atoms with E-state index in [1.165, 1.54) is 0 Å². The summed E-state index contributed by atoms with van der Waals surface area (Å²) in [5, 5.41) is 4.05. The van der Waals surface area contributed by atoms with Crippen LogP contribution in [0.1, 0.15) is 19.8 Å². The number of nitrogens with zero attached hydrogens (tertiary/aromatic N) is 3. The van der Waals surface area contributed by atoms with Crippen molar-refractivity contribution in [1.82, 2.24) is 14.9 Å². The molecular weight excluding hydrogens is 292 g/mol. The Bertz CT molecular complexity index is 669. The number of likely N-dealkylation sites (tertiary alicyclic amines) is 1. The maximum Gasteiger partial charge on any atom is 0.318 e. The van der Waals surface area contributed by atoms with Crippen molar-refractivity contribution in [3.8, 4) is 11.8 Å². The largest absolute Gasteiger partial charge is 0.489 e. The van der Waals surface area contributed by atoms with Crippen molar-refractivity contribution >= 4 is 16.7 Å². The molecule has 6 nitrogen and oxygen atoms in total. The zero-order valence-electron chi connectivity index (χ0n) is 14.0. The van der Waals surface area contributed by atoms with E-state index in [1.807, 2.05) is 32.2 Å². The predicted octanol–water partition coefficient (Wildman–Crippen LogP) is 2.54. The van der Waals surface area contributed by atoms with Crippen LogP contribution < -0.4 is 14.8 Å². The quantitative estimate of drug-likeness (QED) is 0.915. The fourth-order valence-corrected chi connectivity index (χ4v) is 2.89. The first-order valence-corrected chi connectivity index (χ1v) is 8.17. The molecule has 6 heteroatoms. The van der Waals surface area contributed by atoms with Gasteiger partial charge in [-0.25, -0.2) is 0 Å². The van der Waals surface area contributed by atoms with Crippen LogP contribution in [0.25, 0.3) is 10.9 Å². The van der Waals surface area contributed by atoms with Gasteiger partial charge in [0.1, 0.15) is 17.7 Å². The van der Waals surface area contributed by atoms with Gasteiger partial charge in [0.05, 0.1) is 17.5 Å². The van der Waals surface area contributed by atoms with E-state index in [2.05, 4.69) is 27.2 Å². The number of benzene rings is 1. The van der Waals surface area contributed by atoms with Gasteiger partial charge in [-0.3, -0.25) is 0 Å². The molecule has 0 bridgehead atoms. The summed E-state index contributed by atoms with van der Waals surface area (Å²) in [6.07, 6.45) is 2.33. The highest BCUT2D eigenvalue weighted by molar-refractivity contribution is 5.94. The fourth-order valence-electron chi connectivity index (χ4n) is 2.89. The number of nitrogens with one attached hydrogen (secondary N) is 1. The van der Waals surface area contributed by atoms with Gasteiger partial charge in [0.2, 0.25) is 0 Å². The normalized spacial score (nSPS) is 16.5. The average molecular weight is 316 g/mol. The van der Waals surface area contributed by atoms with Gasteiger partial charge in [-0.1, -0.05) is 6.07 Å². The first kappa shape index (κ1) is 15.8. The van der Waals surface area contributed by atoms with Gasteiger partial charge >= 0.3 is 6.01 Å². The molecular formula is C17H24N4O2. The summed E-state index contributed by atoms with van der Waals surface area (Å²) in [5.41, 5.74) is 0.832. The zero-order valence-corrected chi connectivity index (χ0v) is 14.0. The Morgan fingerprint density at radius 3 is 2.74 bits per heavy atom. The molecule has 3 rings (SSSR count). The van der Waals surface area contributed by atoms with Crippen LogP contribution in [0, 0.1) is 0 Å². The number of hydrogen-bond donors (Lipinski definition) is 1. The molecule has 0 aliphatic carbocycles. The molecule has 1 aliphatic rings. The van der Waals surface area contributed by atoms with E-state index in [4.69, 9.17) is 9.47 Å². The molecule has 23 heavy (non-hydrogen) atoms. The van der Waals surface area contributed by atoms with Gasteiger partial charge < -0.3 is 19.7 Å². The SMILES string of the molecule is CCOc1nc(NC)c2c(OC3CCN(C)CC3)cccc2n1. The van der Waals surface area contributed by atoms with E-state index in [9.17, 15) is 0 Å². The predicted molar refractivity (Wildman–Crippen MR) is 91.4 cm³/mol. The molecule has 0 saturated carbocycles. The first-order valence-electron chi connectivity index (χ1n) is 8.17. The van der Waals surface area contributed by atoms with Crippen molar-refractivity contribution < 1.29 is 9.47 Å². The number of anilines is 1. The highest BCUT2D eigenvalue weighted by Crippen LogP contribution is 2.33. The number of ether oxygens (including phenoxy) is 2. The van der Waals surface area contributed by atoms with Crippen LogP contribution >= 0.6 is 0 Å². The van der Waals surface area contributed by atoms with Crippen LogP contribution in [0.15, 0.2) is 18.2 Å². The van der Waals surface area contributed by atoms with Crippen molar-refractivity contribution in [2.45, 2.75) is 25.9 Å². The average Bonchev–Trinajstić information content (AvgIpc) is 2.56. The minimum absolute atomic E-state index is 0.244. The summed E-state index contributed by atoms with van der Waals surface area (Å²) in [6, 6.07) is 6.31. The first-order chi connectivity index (χ1) is 11.2. The maximum absolute atomic E-state index is 6.27. The number of rotatable bonds is 5. The third-order valence-electron chi connectivity index (χ3n) is 4.13. The van der Waals surface area contributed by atoms with Gasteiger partial charge in [0.15, 0.2) is 0 Å². The maximum atomic E-state index is 6.27. The Morgan fingerprint density at radius 1 is 1.26 bits per heavy atom. The monoisotopic (exact) mass is 316 g/mol. The second-order valence-electron chi connectivity index (χ2n) is 5.81. The molecule has 0 amide bonds. The van der Waals surface area contributed by atoms with Crippen molar-refractivity contribution in [1.29, 1.82) is 0 Å². The van der Waals surface area contributed by atoms with E-state index in [-0.39, 0.29) is 6.10 Å². The zero-order chi connectivity index (χ0) is 16.2. The Hall–Kier alpha value is -2.08. The molecule has 0 spiro atoms. The Morgan fingerprint density at radius 2 is 2.04 bits per heavy atom. The molecule has 1 saturated heterocycles. The topological polar surface area (TPSA) is 59.5 Å². The van der Waals surface area contributed by atoms with E-state index in [1.54, 1.807) is 0 Å². The van der Waals surface area contributed by atoms with Crippen LogP contribution in [0.4, 0.5) is 5.82 Å². The second kappa shape index (κ2) is 7.00. The summed E-state index contributed by atoms with van der Waals surface area (Å²) in [5.74, 6) is 1.58. The lowest BCUT2D eigenvalue weighted by Crippen LogP contribution is -2.35. The third kappa shape index (κ3) is 3.47. The minimum atomic E-state index is 0.244. The molecule has 0 unspecified atom stereocenters. The lowest BCUT2D eigenvalue weighted by atomic mass is 10.1. The summed E-state index contributed by atoms with van der Waals surface area (Å²) in [4.78, 5) is 11.3. The van der Waals surface area contributed by atoms with Crippen molar-refractivity contribution in [3.05, 3.63) is 18.2 Å². The number of hydrogen-bond acceptors (Lipinski definition) is 6. The summed E-state index contributed by atoms with van der Waals surface area (Å²) in [6.45, 7) is 4.60. The van der Waals surface area contributed by atoms with E-state index < -0.39 is 0 Å². The molecule has 1 aromatic heterocycles. The number of piperidine rings is 1. The van der Waals surface area contributed by atoms with Gasteiger partial charge in [-0.2, -0.15) is 9.97 Å². The van der Waals surface area contributed by atoms with Gasteiger partial charge in [0, 0.05) is 20.1 Å². The van der Waals surface area contributed by atoms with Crippen molar-refractivity contribution in [3.63, 3.8) is 0 Å². The van der Waals surface area contributed by atoms with Crippen molar-refractivity contribution in [2.75, 3.05) is 39.1 Å². The van der Waals surface area contributed by atoms with Crippen molar-refractivity contribution in [2.24, 2.45) is 0 Å². The molecule has 1 aliphatic heterocycles. The van der Waals surface area contributed by atoms with Crippen LogP contribution in [0.2, 0.25) is 0 Å². The van der Waals surface area contributed by atoms with Crippen LogP contribution in [-0.4, -0.2) is 54.8 Å². The molecule has 0 atom stereocenters. The van der Waals surface area contributed by atoms with Gasteiger partial charge in [-0.05, 0) is 38.9 Å². The Labute approximate surface area is 136 Å². The van der Waals surface area contributed by atoms with E-state index in [0.717, 1.165) is 48.4 Å². The third-order valence-corrected chi connectivity index (χ3v) is 4.13. The highest BCUT2D eigenvalue weighted by atomic mass is 16.5. The van der Waals surface area contributed by atoms with E-state index in [0.29, 0.717) is 12.6 Å². The van der Waals surface area contributed by atoms with Crippen LogP contribution in [0.3, 0.4) is 0 Å². The smallest absolute Gasteiger partial charge is 0.318 e. The number of fused-ring (bicyclic) bond motifs is 1. The highest BCUT2D eigenvalue weighted by Gasteiger charge is 2.20. The lowest BCUT2D eigenvalue weighted by molar-refractivity contribution is 0.116. The lowest BCUT2D eigenvalue weighted by Gasteiger charge is -2.29. The minimum Gasteiger partial charge on any atom is -0.489 e. The van der Waals surface area contributed by atoms with Gasteiger partial charge in [0.25, 0.3) is 0 Å². The summed E-state index contributed by atoms with van der Waals surface area (Å²) < 4.78 is 11.7. The number of aromatic nitrogens is 2. The molecule has 124 valence electrons. The molecule has 1 fully saturated rings. The fraction of sp³-hybridized carbons (Fsp3) is 0.529. The molecule has 1 aromatic carbocycles. The summed E-state index contributed by atoms with van der Waals surface area (Å²) >= 11 is 0. The summed E-state index contributed by atoms with van der Waals surface area (Å²) in [7, 11) is 4.00. The Kier molecular flexibility index (Phi) is 4.81. The standard InChI is InChI=1S/C17H24N4O2/c1-4-22-17-19-13-6-5-7-14(15(13)16(18-2)20-17)23-12-8-10-21(3)11-9-12/h5-7,12H,4,8-11H2,1-3H3,(H,18,19,20). The second-order valence-corrected chi connectivity index (χ2v) is 5.81. The van der Waals surface area contributed by atoms with Crippen LogP contribution in [-0.2, 0) is 0 Å². The molecule has 2 aromatic rings. The molecule has 2 heterocycles. The van der Waals surface area contributed by atoms with Crippen LogP contribution in [0.5, 0.6) is 11.8 Å². The van der Waals surface area contributed by atoms with E-state index >= 15 is 0 Å². The van der Waals surface area contributed by atoms with Gasteiger partial charge in [-0.15, -0.1) is 0 Å². The Balaban J connectivity index is 1.93. The molecule has 0 radical (unpaired) electrons. The molecule has 1 N–H and O–H groups in total.